The van der Waals surface area contributed by atoms with Gasteiger partial charge in [0.15, 0.2) is 0 Å². The van der Waals surface area contributed by atoms with E-state index in [1.54, 1.807) is 18.6 Å². The van der Waals surface area contributed by atoms with Crippen molar-refractivity contribution in [1.29, 1.82) is 0 Å². The number of carbonyl (C=O) groups is 1. The van der Waals surface area contributed by atoms with Crippen molar-refractivity contribution in [1.82, 2.24) is 19.9 Å². The largest absolute Gasteiger partial charge is 0.368 e. The molecule has 5 N–H and O–H groups in total. The molecule has 8 nitrogen and oxygen atoms in total. The van der Waals surface area contributed by atoms with Crippen LogP contribution in [0.25, 0.3) is 0 Å². The Bertz CT molecular complexity index is 746. The van der Waals surface area contributed by atoms with Crippen LogP contribution in [0.4, 0.5) is 0 Å². The quantitative estimate of drug-likeness (QED) is 0.600. The number of hydrogen-bond donors (Lipinski definition) is 3. The summed E-state index contributed by atoms with van der Waals surface area (Å²) in [6.07, 6.45) is 6.45. The topological polar surface area (TPSA) is 141 Å². The summed E-state index contributed by atoms with van der Waals surface area (Å²) in [5, 5.41) is 0. The molecule has 0 radical (unpaired) electrons. The lowest BCUT2D eigenvalue weighted by Gasteiger charge is -2.09. The Labute approximate surface area is 186 Å². The molecule has 29 heavy (non-hydrogen) atoms. The summed E-state index contributed by atoms with van der Waals surface area (Å²) in [5.74, 6) is 0.546. The van der Waals surface area contributed by atoms with Crippen LogP contribution in [0.3, 0.4) is 0 Å². The molecule has 0 saturated carbocycles. The molecule has 2 aromatic heterocycles. The highest BCUT2D eigenvalue weighted by Gasteiger charge is 2.12. The van der Waals surface area contributed by atoms with E-state index in [2.05, 4.69) is 49.7 Å². The van der Waals surface area contributed by atoms with Gasteiger partial charge in [-0.1, -0.05) is 41.5 Å². The maximum absolute atomic E-state index is 10.5. The van der Waals surface area contributed by atoms with Crippen LogP contribution in [0.5, 0.6) is 0 Å². The lowest BCUT2D eigenvalue weighted by atomic mass is 10.1. The van der Waals surface area contributed by atoms with Gasteiger partial charge in [-0.2, -0.15) is 0 Å². The molecule has 0 fully saturated rings. The standard InChI is InChI=1S/C7H9BrN2.C7H10N2O.C5H12N2O.ClH/c1-5(2)6-3-10-7(8)4-9-6;1-5(2)6-3-9-7(10)4-8-6;1-3(2)4(6)5(7)8;/h3-5H,1-2H3;3-5H,1-2H3,(H,9,10);3-4H,6H2,1-2H3,(H2,7,8);1H. The molecule has 0 spiro atoms. The molecule has 0 aromatic carbocycles. The van der Waals surface area contributed by atoms with E-state index in [0.29, 0.717) is 11.8 Å². The van der Waals surface area contributed by atoms with Gasteiger partial charge in [0, 0.05) is 12.4 Å². The number of hydrogen-bond acceptors (Lipinski definition) is 6. The zero-order chi connectivity index (χ0) is 21.9. The molecule has 2 aromatic rings. The fourth-order valence-corrected chi connectivity index (χ4v) is 1.82. The van der Waals surface area contributed by atoms with E-state index in [4.69, 9.17) is 11.5 Å². The van der Waals surface area contributed by atoms with Crippen molar-refractivity contribution in [3.05, 3.63) is 51.1 Å². The molecule has 10 heteroatoms. The van der Waals surface area contributed by atoms with Crippen LogP contribution >= 0.6 is 28.3 Å². The number of carbonyl (C=O) groups excluding carboxylic acids is 1. The van der Waals surface area contributed by atoms with Gasteiger partial charge in [0.1, 0.15) is 4.60 Å². The highest BCUT2D eigenvalue weighted by atomic mass is 79.9. The third-order valence-corrected chi connectivity index (χ3v) is 3.97. The molecule has 1 atom stereocenters. The summed E-state index contributed by atoms with van der Waals surface area (Å²) in [4.78, 5) is 35.5. The molecule has 0 aliphatic rings. The molecule has 0 aliphatic carbocycles. The Hall–Kier alpha value is -1.84. The normalized spacial score (nSPS) is 11.0. The molecule has 1 unspecified atom stereocenters. The maximum atomic E-state index is 10.5. The van der Waals surface area contributed by atoms with Crippen LogP contribution in [0.2, 0.25) is 0 Å². The molecule has 2 heterocycles. The van der Waals surface area contributed by atoms with Crippen molar-refractivity contribution in [3.63, 3.8) is 0 Å². The molecule has 0 bridgehead atoms. The second kappa shape index (κ2) is 15.1. The number of amides is 1. The van der Waals surface area contributed by atoms with E-state index in [1.165, 1.54) is 6.20 Å². The average Bonchev–Trinajstić information content (AvgIpc) is 2.62. The fraction of sp³-hybridized carbons (Fsp3) is 0.526. The van der Waals surface area contributed by atoms with E-state index in [9.17, 15) is 9.59 Å². The Balaban J connectivity index is 0. The van der Waals surface area contributed by atoms with E-state index < -0.39 is 11.9 Å². The van der Waals surface area contributed by atoms with Crippen LogP contribution in [-0.4, -0.2) is 31.9 Å². The number of rotatable bonds is 4. The summed E-state index contributed by atoms with van der Waals surface area (Å²) in [6.45, 7) is 12.0. The van der Waals surface area contributed by atoms with E-state index in [1.807, 2.05) is 27.7 Å². The number of aromatic nitrogens is 4. The van der Waals surface area contributed by atoms with Gasteiger partial charge in [-0.3, -0.25) is 19.6 Å². The number of aromatic amines is 1. The summed E-state index contributed by atoms with van der Waals surface area (Å²) in [7, 11) is 0. The number of nitrogens with one attached hydrogen (secondary N) is 1. The number of nitrogens with two attached hydrogens (primary N) is 2. The molecule has 1 amide bonds. The first-order chi connectivity index (χ1) is 13.0. The fourth-order valence-electron chi connectivity index (χ4n) is 1.62. The van der Waals surface area contributed by atoms with Gasteiger partial charge >= 0.3 is 0 Å². The van der Waals surface area contributed by atoms with Crippen molar-refractivity contribution in [2.45, 2.75) is 59.4 Å². The lowest BCUT2D eigenvalue weighted by molar-refractivity contribution is -0.120. The molecular formula is C19H32BrClN6O2. The summed E-state index contributed by atoms with van der Waals surface area (Å²) in [6, 6.07) is -0.491. The number of H-pyrrole nitrogens is 1. The van der Waals surface area contributed by atoms with Crippen molar-refractivity contribution < 1.29 is 4.79 Å². The molecule has 164 valence electrons. The predicted octanol–water partition coefficient (Wildman–Crippen LogP) is 3.13. The average molecular weight is 492 g/mol. The number of halogens is 2. The molecule has 0 aliphatic heterocycles. The monoisotopic (exact) mass is 490 g/mol. The molecule has 2 rings (SSSR count). The smallest absolute Gasteiger partial charge is 0.266 e. The second-order valence-electron chi connectivity index (χ2n) is 7.08. The maximum Gasteiger partial charge on any atom is 0.266 e. The first-order valence-electron chi connectivity index (χ1n) is 9.02. The summed E-state index contributed by atoms with van der Waals surface area (Å²) >= 11 is 3.22. The minimum absolute atomic E-state index is 0. The number of nitrogens with zero attached hydrogens (tertiary/aromatic N) is 3. The van der Waals surface area contributed by atoms with Crippen LogP contribution in [0.15, 0.2) is 34.2 Å². The van der Waals surface area contributed by atoms with Crippen molar-refractivity contribution in [2.75, 3.05) is 0 Å². The molecular weight excluding hydrogens is 460 g/mol. The Morgan fingerprint density at radius 2 is 1.48 bits per heavy atom. The van der Waals surface area contributed by atoms with Crippen LogP contribution < -0.4 is 17.0 Å². The molecule has 0 saturated heterocycles. The van der Waals surface area contributed by atoms with Crippen LogP contribution in [0, 0.1) is 5.92 Å². The highest BCUT2D eigenvalue weighted by molar-refractivity contribution is 9.10. The zero-order valence-electron chi connectivity index (χ0n) is 17.7. The first kappa shape index (κ1) is 29.4. The van der Waals surface area contributed by atoms with Gasteiger partial charge < -0.3 is 16.5 Å². The van der Waals surface area contributed by atoms with Gasteiger partial charge in [-0.05, 0) is 33.7 Å². The van der Waals surface area contributed by atoms with E-state index >= 15 is 0 Å². The van der Waals surface area contributed by atoms with E-state index in [0.717, 1.165) is 16.0 Å². The summed E-state index contributed by atoms with van der Waals surface area (Å²) < 4.78 is 0.789. The van der Waals surface area contributed by atoms with Crippen LogP contribution in [0.1, 0.15) is 64.8 Å². The van der Waals surface area contributed by atoms with Crippen molar-refractivity contribution >= 4 is 34.2 Å². The Kier molecular flexibility index (Phi) is 15.2. The Morgan fingerprint density at radius 1 is 0.966 bits per heavy atom. The first-order valence-corrected chi connectivity index (χ1v) is 9.81. The van der Waals surface area contributed by atoms with Gasteiger partial charge in [-0.25, -0.2) is 4.98 Å². The number of primary amides is 1. The van der Waals surface area contributed by atoms with Crippen LogP contribution in [-0.2, 0) is 4.79 Å². The van der Waals surface area contributed by atoms with Gasteiger partial charge in [0.25, 0.3) is 5.56 Å². The van der Waals surface area contributed by atoms with Crippen molar-refractivity contribution in [2.24, 2.45) is 17.4 Å². The summed E-state index contributed by atoms with van der Waals surface area (Å²) in [5.41, 5.74) is 12.0. The van der Waals surface area contributed by atoms with Gasteiger partial charge in [-0.15, -0.1) is 12.4 Å². The third-order valence-electron chi connectivity index (χ3n) is 3.56. The van der Waals surface area contributed by atoms with E-state index in [-0.39, 0.29) is 23.9 Å². The van der Waals surface area contributed by atoms with Crippen molar-refractivity contribution in [3.8, 4) is 0 Å². The predicted molar refractivity (Wildman–Crippen MR) is 122 cm³/mol. The minimum atomic E-state index is -0.491. The van der Waals surface area contributed by atoms with Gasteiger partial charge in [0.2, 0.25) is 5.91 Å². The highest BCUT2D eigenvalue weighted by Crippen LogP contribution is 2.11. The Morgan fingerprint density at radius 3 is 1.76 bits per heavy atom. The third kappa shape index (κ3) is 13.1. The lowest BCUT2D eigenvalue weighted by Crippen LogP contribution is -2.40. The second-order valence-corrected chi connectivity index (χ2v) is 7.89. The van der Waals surface area contributed by atoms with Gasteiger partial charge in [0.05, 0.1) is 29.8 Å². The zero-order valence-corrected chi connectivity index (χ0v) is 20.1. The minimum Gasteiger partial charge on any atom is -0.368 e. The SMILES string of the molecule is CC(C)C(N)C(N)=O.CC(C)c1c[nH]c(=O)cn1.CC(C)c1cnc(Br)cn1.Cl.